The van der Waals surface area contributed by atoms with Gasteiger partial charge in [0, 0.05) is 18.7 Å². The molecule has 106 valence electrons. The van der Waals surface area contributed by atoms with E-state index in [1.165, 1.54) is 11.1 Å². The predicted molar refractivity (Wildman–Crippen MR) is 80.1 cm³/mol. The summed E-state index contributed by atoms with van der Waals surface area (Å²) >= 11 is 0. The van der Waals surface area contributed by atoms with Crippen LogP contribution in [-0.4, -0.2) is 16.7 Å². The standard InChI is InChI=1S/C16H21N3O/c1-3-19-9-14(18-10-19)12-5-4-6-13-11(12)7-8-15(20-2)16(13)17/h7-10,12H,3-6,17H2,1-2H3. The summed E-state index contributed by atoms with van der Waals surface area (Å²) in [6, 6.07) is 4.13. The third-order valence-electron chi connectivity index (χ3n) is 4.24. The van der Waals surface area contributed by atoms with Crippen molar-refractivity contribution >= 4 is 5.69 Å². The molecule has 0 radical (unpaired) electrons. The highest BCUT2D eigenvalue weighted by Crippen LogP contribution is 2.41. The molecule has 1 aromatic carbocycles. The summed E-state index contributed by atoms with van der Waals surface area (Å²) < 4.78 is 7.45. The van der Waals surface area contributed by atoms with Crippen molar-refractivity contribution in [1.82, 2.24) is 9.55 Å². The number of benzene rings is 1. The van der Waals surface area contributed by atoms with Gasteiger partial charge in [-0.3, -0.25) is 0 Å². The Hall–Kier alpha value is -1.97. The summed E-state index contributed by atoms with van der Waals surface area (Å²) in [7, 11) is 1.67. The lowest BCUT2D eigenvalue weighted by molar-refractivity contribution is 0.415. The lowest BCUT2D eigenvalue weighted by Gasteiger charge is -2.26. The first-order valence-corrected chi connectivity index (χ1v) is 7.21. The van der Waals surface area contributed by atoms with Crippen LogP contribution >= 0.6 is 0 Å². The molecule has 20 heavy (non-hydrogen) atoms. The number of aryl methyl sites for hydroxylation is 1. The van der Waals surface area contributed by atoms with Crippen molar-refractivity contribution in [2.24, 2.45) is 0 Å². The number of hydrogen-bond acceptors (Lipinski definition) is 3. The molecule has 4 heteroatoms. The Labute approximate surface area is 119 Å². The SMILES string of the molecule is CCn1cnc(C2CCCc3c2ccc(OC)c3N)c1. The fraction of sp³-hybridized carbons (Fsp3) is 0.438. The van der Waals surface area contributed by atoms with Gasteiger partial charge in [-0.05, 0) is 43.4 Å². The van der Waals surface area contributed by atoms with Crippen LogP contribution in [0.25, 0.3) is 0 Å². The van der Waals surface area contributed by atoms with Gasteiger partial charge in [-0.1, -0.05) is 6.07 Å². The van der Waals surface area contributed by atoms with Gasteiger partial charge in [0.05, 0.1) is 24.8 Å². The van der Waals surface area contributed by atoms with Gasteiger partial charge in [-0.2, -0.15) is 0 Å². The molecule has 1 unspecified atom stereocenters. The van der Waals surface area contributed by atoms with Crippen LogP contribution in [0.2, 0.25) is 0 Å². The maximum absolute atomic E-state index is 6.24. The van der Waals surface area contributed by atoms with Crippen molar-refractivity contribution in [3.05, 3.63) is 41.5 Å². The van der Waals surface area contributed by atoms with Crippen LogP contribution in [0, 0.1) is 0 Å². The van der Waals surface area contributed by atoms with E-state index in [0.29, 0.717) is 5.92 Å². The summed E-state index contributed by atoms with van der Waals surface area (Å²) in [6.07, 6.45) is 7.38. The lowest BCUT2D eigenvalue weighted by atomic mass is 9.80. The smallest absolute Gasteiger partial charge is 0.142 e. The van der Waals surface area contributed by atoms with Crippen molar-refractivity contribution in [3.8, 4) is 5.75 Å². The fourth-order valence-corrected chi connectivity index (χ4v) is 3.12. The van der Waals surface area contributed by atoms with Crippen LogP contribution in [0.5, 0.6) is 5.75 Å². The Morgan fingerprint density at radius 2 is 2.30 bits per heavy atom. The molecule has 0 aliphatic heterocycles. The molecule has 1 atom stereocenters. The molecule has 2 N–H and O–H groups in total. The number of anilines is 1. The van der Waals surface area contributed by atoms with E-state index in [9.17, 15) is 0 Å². The molecule has 1 aliphatic rings. The summed E-state index contributed by atoms with van der Waals surface area (Å²) in [4.78, 5) is 4.57. The molecule has 4 nitrogen and oxygen atoms in total. The molecule has 1 aromatic heterocycles. The number of nitrogens with zero attached hydrogens (tertiary/aromatic N) is 2. The molecule has 1 aliphatic carbocycles. The third kappa shape index (κ3) is 2.05. The molecule has 3 rings (SSSR count). The van der Waals surface area contributed by atoms with Gasteiger partial charge in [0.25, 0.3) is 0 Å². The van der Waals surface area contributed by atoms with Crippen LogP contribution in [0.3, 0.4) is 0 Å². The first-order chi connectivity index (χ1) is 9.74. The monoisotopic (exact) mass is 271 g/mol. The molecule has 2 aromatic rings. The van der Waals surface area contributed by atoms with Gasteiger partial charge < -0.3 is 15.0 Å². The average Bonchev–Trinajstić information content (AvgIpc) is 2.96. The van der Waals surface area contributed by atoms with Gasteiger partial charge in [0.1, 0.15) is 5.75 Å². The second-order valence-electron chi connectivity index (χ2n) is 5.32. The van der Waals surface area contributed by atoms with Gasteiger partial charge >= 0.3 is 0 Å². The van der Waals surface area contributed by atoms with Crippen LogP contribution in [0.4, 0.5) is 5.69 Å². The molecule has 0 bridgehead atoms. The van der Waals surface area contributed by atoms with Crippen LogP contribution in [-0.2, 0) is 13.0 Å². The average molecular weight is 271 g/mol. The molecule has 0 amide bonds. The van der Waals surface area contributed by atoms with Gasteiger partial charge in [0.2, 0.25) is 0 Å². The Bertz CT molecular complexity index is 618. The zero-order valence-electron chi connectivity index (χ0n) is 12.1. The number of hydrogen-bond donors (Lipinski definition) is 1. The largest absolute Gasteiger partial charge is 0.495 e. The normalized spacial score (nSPS) is 17.8. The van der Waals surface area contributed by atoms with Crippen molar-refractivity contribution in [1.29, 1.82) is 0 Å². The number of methoxy groups -OCH3 is 1. The molecule has 0 fully saturated rings. The van der Waals surface area contributed by atoms with E-state index >= 15 is 0 Å². The maximum atomic E-state index is 6.24. The predicted octanol–water partition coefficient (Wildman–Crippen LogP) is 2.96. The van der Waals surface area contributed by atoms with E-state index in [0.717, 1.165) is 42.9 Å². The minimum Gasteiger partial charge on any atom is -0.495 e. The molecular weight excluding hydrogens is 250 g/mol. The highest BCUT2D eigenvalue weighted by Gasteiger charge is 2.26. The van der Waals surface area contributed by atoms with E-state index in [2.05, 4.69) is 28.7 Å². The van der Waals surface area contributed by atoms with Crippen LogP contribution < -0.4 is 10.5 Å². The quantitative estimate of drug-likeness (QED) is 0.873. The van der Waals surface area contributed by atoms with Crippen LogP contribution in [0.1, 0.15) is 42.5 Å². The summed E-state index contributed by atoms with van der Waals surface area (Å²) in [5.74, 6) is 1.14. The van der Waals surface area contributed by atoms with Gasteiger partial charge in [-0.15, -0.1) is 0 Å². The zero-order chi connectivity index (χ0) is 14.1. The number of fused-ring (bicyclic) bond motifs is 1. The minimum atomic E-state index is 0.361. The Balaban J connectivity index is 2.03. The van der Waals surface area contributed by atoms with E-state index in [1.807, 2.05) is 12.4 Å². The first kappa shape index (κ1) is 13.0. The molecule has 0 spiro atoms. The number of nitrogen functional groups attached to an aromatic ring is 1. The van der Waals surface area contributed by atoms with Crippen molar-refractivity contribution in [2.75, 3.05) is 12.8 Å². The Morgan fingerprint density at radius 1 is 1.45 bits per heavy atom. The number of imidazole rings is 1. The van der Waals surface area contributed by atoms with E-state index < -0.39 is 0 Å². The Kier molecular flexibility index (Phi) is 3.38. The van der Waals surface area contributed by atoms with Gasteiger partial charge in [-0.25, -0.2) is 4.98 Å². The lowest BCUT2D eigenvalue weighted by Crippen LogP contribution is -2.14. The van der Waals surface area contributed by atoms with E-state index in [1.54, 1.807) is 7.11 Å². The number of nitrogens with two attached hydrogens (primary N) is 1. The van der Waals surface area contributed by atoms with E-state index in [4.69, 9.17) is 10.5 Å². The summed E-state index contributed by atoms with van der Waals surface area (Å²) in [6.45, 7) is 3.08. The second kappa shape index (κ2) is 5.19. The number of ether oxygens (including phenoxy) is 1. The number of aromatic nitrogens is 2. The van der Waals surface area contributed by atoms with Gasteiger partial charge in [0.15, 0.2) is 0 Å². The molecule has 0 saturated carbocycles. The molecule has 0 saturated heterocycles. The summed E-state index contributed by atoms with van der Waals surface area (Å²) in [5, 5.41) is 0. The first-order valence-electron chi connectivity index (χ1n) is 7.21. The highest BCUT2D eigenvalue weighted by atomic mass is 16.5. The Morgan fingerprint density at radius 3 is 3.00 bits per heavy atom. The fourth-order valence-electron chi connectivity index (χ4n) is 3.12. The third-order valence-corrected chi connectivity index (χ3v) is 4.24. The minimum absolute atomic E-state index is 0.361. The summed E-state index contributed by atoms with van der Waals surface area (Å²) in [5.41, 5.74) is 10.7. The van der Waals surface area contributed by atoms with Crippen molar-refractivity contribution in [3.63, 3.8) is 0 Å². The molecular formula is C16H21N3O. The topological polar surface area (TPSA) is 53.1 Å². The zero-order valence-corrected chi connectivity index (χ0v) is 12.1. The number of rotatable bonds is 3. The second-order valence-corrected chi connectivity index (χ2v) is 5.32. The maximum Gasteiger partial charge on any atom is 0.142 e. The molecule has 1 heterocycles. The van der Waals surface area contributed by atoms with Crippen LogP contribution in [0.15, 0.2) is 24.7 Å². The highest BCUT2D eigenvalue weighted by molar-refractivity contribution is 5.63. The van der Waals surface area contributed by atoms with E-state index in [-0.39, 0.29) is 0 Å². The van der Waals surface area contributed by atoms with Crippen molar-refractivity contribution in [2.45, 2.75) is 38.6 Å². The van der Waals surface area contributed by atoms with Crippen molar-refractivity contribution < 1.29 is 4.74 Å².